The summed E-state index contributed by atoms with van der Waals surface area (Å²) in [5.74, 6) is 0.679. The van der Waals surface area contributed by atoms with Crippen LogP contribution in [0.25, 0.3) is 0 Å². The fourth-order valence-electron chi connectivity index (χ4n) is 3.05. The zero-order valence-corrected chi connectivity index (χ0v) is 12.4. The number of carboxylic acids is 1. The summed E-state index contributed by atoms with van der Waals surface area (Å²) in [6.45, 7) is 4.56. The molecule has 1 aromatic rings. The van der Waals surface area contributed by atoms with Gasteiger partial charge in [-0.1, -0.05) is 44.2 Å². The minimum Gasteiger partial charge on any atom is -0.480 e. The van der Waals surface area contributed by atoms with Crippen molar-refractivity contribution in [2.45, 2.75) is 51.6 Å². The Morgan fingerprint density at radius 1 is 1.25 bits per heavy atom. The largest absolute Gasteiger partial charge is 0.480 e. The molecule has 0 aliphatic heterocycles. The second-order valence-corrected chi connectivity index (χ2v) is 6.21. The van der Waals surface area contributed by atoms with Crippen LogP contribution in [0.15, 0.2) is 30.3 Å². The summed E-state index contributed by atoms with van der Waals surface area (Å²) in [6.07, 6.45) is 3.91. The summed E-state index contributed by atoms with van der Waals surface area (Å²) in [6, 6.07) is 9.70. The number of carboxylic acid groups (broad SMARTS) is 1. The lowest BCUT2D eigenvalue weighted by atomic mass is 9.79. The number of aliphatic carboxylic acids is 1. The first-order chi connectivity index (χ1) is 9.56. The van der Waals surface area contributed by atoms with E-state index in [0.717, 1.165) is 24.3 Å². The number of hydrogen-bond acceptors (Lipinski definition) is 2. The summed E-state index contributed by atoms with van der Waals surface area (Å²) in [7, 11) is 0. The molecule has 1 saturated carbocycles. The third-order valence-corrected chi connectivity index (χ3v) is 4.62. The van der Waals surface area contributed by atoms with Gasteiger partial charge in [-0.15, -0.1) is 0 Å². The van der Waals surface area contributed by atoms with E-state index in [4.69, 9.17) is 0 Å². The molecule has 3 unspecified atom stereocenters. The van der Waals surface area contributed by atoms with Crippen LogP contribution in [-0.2, 0) is 11.2 Å². The van der Waals surface area contributed by atoms with Crippen molar-refractivity contribution in [3.8, 4) is 0 Å². The maximum Gasteiger partial charge on any atom is 0.321 e. The first-order valence-electron chi connectivity index (χ1n) is 7.59. The highest BCUT2D eigenvalue weighted by molar-refractivity contribution is 5.74. The van der Waals surface area contributed by atoms with Crippen molar-refractivity contribution in [2.75, 3.05) is 0 Å². The van der Waals surface area contributed by atoms with Gasteiger partial charge in [-0.3, -0.25) is 4.79 Å². The van der Waals surface area contributed by atoms with E-state index in [-0.39, 0.29) is 0 Å². The van der Waals surface area contributed by atoms with Crippen molar-refractivity contribution in [1.82, 2.24) is 5.32 Å². The third-order valence-electron chi connectivity index (χ3n) is 4.62. The molecule has 0 aromatic heterocycles. The van der Waals surface area contributed by atoms with E-state index in [1.165, 1.54) is 6.42 Å². The molecule has 2 rings (SSSR count). The number of hydrogen-bond donors (Lipinski definition) is 2. The monoisotopic (exact) mass is 275 g/mol. The van der Waals surface area contributed by atoms with Crippen LogP contribution in [0.5, 0.6) is 0 Å². The van der Waals surface area contributed by atoms with Gasteiger partial charge in [-0.25, -0.2) is 0 Å². The fraction of sp³-hybridized carbons (Fsp3) is 0.588. The summed E-state index contributed by atoms with van der Waals surface area (Å²) in [5, 5.41) is 12.8. The molecule has 4 atom stereocenters. The molecule has 0 bridgehead atoms. The Balaban J connectivity index is 1.94. The van der Waals surface area contributed by atoms with Gasteiger partial charge in [-0.2, -0.15) is 0 Å². The summed E-state index contributed by atoms with van der Waals surface area (Å²) < 4.78 is 0. The highest BCUT2D eigenvalue weighted by atomic mass is 16.4. The van der Waals surface area contributed by atoms with E-state index >= 15 is 0 Å². The SMILES string of the molecule is CC1CCC(N[C@H](Cc2ccccc2)C(=O)O)CC1C. The van der Waals surface area contributed by atoms with Gasteiger partial charge >= 0.3 is 5.97 Å². The Hall–Kier alpha value is -1.35. The van der Waals surface area contributed by atoms with E-state index in [9.17, 15) is 9.90 Å². The number of rotatable bonds is 5. The molecule has 3 heteroatoms. The summed E-state index contributed by atoms with van der Waals surface area (Å²) >= 11 is 0. The quantitative estimate of drug-likeness (QED) is 0.868. The molecule has 1 fully saturated rings. The van der Waals surface area contributed by atoms with Crippen LogP contribution in [0.3, 0.4) is 0 Å². The van der Waals surface area contributed by atoms with E-state index < -0.39 is 12.0 Å². The molecule has 0 radical (unpaired) electrons. The van der Waals surface area contributed by atoms with Crippen molar-refractivity contribution in [3.05, 3.63) is 35.9 Å². The van der Waals surface area contributed by atoms with Crippen molar-refractivity contribution in [1.29, 1.82) is 0 Å². The first kappa shape index (κ1) is 15.0. The molecule has 3 nitrogen and oxygen atoms in total. The molecule has 0 spiro atoms. The second kappa shape index (κ2) is 6.89. The Kier molecular flexibility index (Phi) is 5.18. The van der Waals surface area contributed by atoms with Crippen LogP contribution < -0.4 is 5.32 Å². The highest BCUT2D eigenvalue weighted by Crippen LogP contribution is 2.29. The smallest absolute Gasteiger partial charge is 0.321 e. The molecule has 0 heterocycles. The first-order valence-corrected chi connectivity index (χ1v) is 7.59. The Labute approximate surface area is 121 Å². The molecule has 1 aliphatic carbocycles. The molecule has 110 valence electrons. The zero-order chi connectivity index (χ0) is 14.5. The number of benzene rings is 1. The van der Waals surface area contributed by atoms with Gasteiger partial charge in [0, 0.05) is 6.04 Å². The standard InChI is InChI=1S/C17H25NO2/c1-12-8-9-15(10-13(12)2)18-16(17(19)20)11-14-6-4-3-5-7-14/h3-7,12-13,15-16,18H,8-11H2,1-2H3,(H,19,20)/t12?,13?,15?,16-/m1/s1. The topological polar surface area (TPSA) is 49.3 Å². The van der Waals surface area contributed by atoms with Crippen molar-refractivity contribution in [3.63, 3.8) is 0 Å². The lowest BCUT2D eigenvalue weighted by molar-refractivity contribution is -0.139. The fourth-order valence-corrected chi connectivity index (χ4v) is 3.05. The predicted octanol–water partition coefficient (Wildman–Crippen LogP) is 3.10. The average molecular weight is 275 g/mol. The minimum absolute atomic E-state index is 0.339. The lowest BCUT2D eigenvalue weighted by Gasteiger charge is -2.34. The van der Waals surface area contributed by atoms with Gasteiger partial charge in [0.15, 0.2) is 0 Å². The van der Waals surface area contributed by atoms with Gasteiger partial charge in [0.1, 0.15) is 6.04 Å². The Bertz CT molecular complexity index is 432. The molecule has 0 saturated heterocycles. The van der Waals surface area contributed by atoms with Crippen LogP contribution in [0.1, 0.15) is 38.7 Å². The lowest BCUT2D eigenvalue weighted by Crippen LogP contribution is -2.47. The molecule has 1 aliphatic rings. The van der Waals surface area contributed by atoms with Crippen molar-refractivity contribution >= 4 is 5.97 Å². The van der Waals surface area contributed by atoms with E-state index in [0.29, 0.717) is 18.4 Å². The number of carbonyl (C=O) groups is 1. The van der Waals surface area contributed by atoms with Crippen LogP contribution in [0, 0.1) is 11.8 Å². The van der Waals surface area contributed by atoms with E-state index in [1.54, 1.807) is 0 Å². The molecule has 2 N–H and O–H groups in total. The van der Waals surface area contributed by atoms with Crippen LogP contribution in [-0.4, -0.2) is 23.2 Å². The summed E-state index contributed by atoms with van der Waals surface area (Å²) in [4.78, 5) is 11.5. The molecule has 20 heavy (non-hydrogen) atoms. The van der Waals surface area contributed by atoms with Crippen LogP contribution >= 0.6 is 0 Å². The van der Waals surface area contributed by atoms with Gasteiger partial charge < -0.3 is 10.4 Å². The molecular weight excluding hydrogens is 250 g/mol. The normalized spacial score (nSPS) is 28.0. The average Bonchev–Trinajstić information content (AvgIpc) is 2.43. The Morgan fingerprint density at radius 2 is 1.95 bits per heavy atom. The van der Waals surface area contributed by atoms with Gasteiger partial charge in [-0.05, 0) is 43.1 Å². The van der Waals surface area contributed by atoms with Crippen molar-refractivity contribution in [2.24, 2.45) is 11.8 Å². The maximum atomic E-state index is 11.5. The van der Waals surface area contributed by atoms with Gasteiger partial charge in [0.25, 0.3) is 0 Å². The van der Waals surface area contributed by atoms with Crippen molar-refractivity contribution < 1.29 is 9.90 Å². The Morgan fingerprint density at radius 3 is 2.55 bits per heavy atom. The van der Waals surface area contributed by atoms with Gasteiger partial charge in [0.05, 0.1) is 0 Å². The van der Waals surface area contributed by atoms with Gasteiger partial charge in [0.2, 0.25) is 0 Å². The number of nitrogens with one attached hydrogen (secondary N) is 1. The van der Waals surface area contributed by atoms with E-state index in [1.807, 2.05) is 30.3 Å². The highest BCUT2D eigenvalue weighted by Gasteiger charge is 2.28. The third kappa shape index (κ3) is 4.07. The summed E-state index contributed by atoms with van der Waals surface area (Å²) in [5.41, 5.74) is 1.07. The van der Waals surface area contributed by atoms with Crippen LogP contribution in [0.4, 0.5) is 0 Å². The predicted molar refractivity (Wildman–Crippen MR) is 80.7 cm³/mol. The van der Waals surface area contributed by atoms with E-state index in [2.05, 4.69) is 19.2 Å². The minimum atomic E-state index is -0.750. The maximum absolute atomic E-state index is 11.5. The molecular formula is C17H25NO2. The zero-order valence-electron chi connectivity index (χ0n) is 12.4. The molecule has 0 amide bonds. The van der Waals surface area contributed by atoms with Crippen LogP contribution in [0.2, 0.25) is 0 Å². The molecule has 1 aromatic carbocycles. The second-order valence-electron chi connectivity index (χ2n) is 6.21.